The van der Waals surface area contributed by atoms with E-state index in [0.717, 1.165) is 31.6 Å². The van der Waals surface area contributed by atoms with Crippen molar-refractivity contribution in [3.05, 3.63) is 29.3 Å². The van der Waals surface area contributed by atoms with E-state index in [4.69, 9.17) is 10.5 Å². The molecule has 1 fully saturated rings. The molecule has 116 valence electrons. The Bertz CT molecular complexity index is 512. The third-order valence-electron chi connectivity index (χ3n) is 3.83. The molecule has 1 aromatic carbocycles. The maximum absolute atomic E-state index is 12.1. The number of nitrogen functional groups attached to an aromatic ring is 1. The molecule has 0 unspecified atom stereocenters. The van der Waals surface area contributed by atoms with Gasteiger partial charge in [0.15, 0.2) is 0 Å². The molecule has 0 aromatic heterocycles. The number of hydrogen-bond donors (Lipinski definition) is 1. The Hall–Kier alpha value is -1.71. The van der Waals surface area contributed by atoms with Gasteiger partial charge in [-0.05, 0) is 58.1 Å². The Morgan fingerprint density at radius 1 is 1.29 bits per heavy atom. The van der Waals surface area contributed by atoms with Crippen LogP contribution in [0.2, 0.25) is 0 Å². The summed E-state index contributed by atoms with van der Waals surface area (Å²) in [5.41, 5.74) is 8.97. The van der Waals surface area contributed by atoms with E-state index in [0.29, 0.717) is 5.92 Å². The molecule has 1 amide bonds. The number of carbonyl (C=O) groups is 1. The second kappa shape index (κ2) is 5.96. The lowest BCUT2D eigenvalue weighted by Crippen LogP contribution is -2.41. The van der Waals surface area contributed by atoms with Gasteiger partial charge in [-0.15, -0.1) is 0 Å². The predicted octanol–water partition coefficient (Wildman–Crippen LogP) is 3.69. The van der Waals surface area contributed by atoms with Crippen LogP contribution in [-0.2, 0) is 4.74 Å². The van der Waals surface area contributed by atoms with E-state index in [-0.39, 0.29) is 6.09 Å². The number of ether oxygens (including phenoxy) is 1. The molecule has 0 aliphatic carbocycles. The van der Waals surface area contributed by atoms with E-state index in [1.54, 1.807) is 4.90 Å². The summed E-state index contributed by atoms with van der Waals surface area (Å²) < 4.78 is 5.42. The van der Waals surface area contributed by atoms with Crippen LogP contribution in [0.1, 0.15) is 50.7 Å². The predicted molar refractivity (Wildman–Crippen MR) is 85.4 cm³/mol. The molecule has 0 spiro atoms. The first-order valence-corrected chi connectivity index (χ1v) is 7.60. The number of likely N-dealkylation sites (tertiary alicyclic amines) is 1. The van der Waals surface area contributed by atoms with Gasteiger partial charge in [0, 0.05) is 18.8 Å². The van der Waals surface area contributed by atoms with E-state index in [9.17, 15) is 4.79 Å². The van der Waals surface area contributed by atoms with Gasteiger partial charge in [0.05, 0.1) is 0 Å². The van der Waals surface area contributed by atoms with Crippen molar-refractivity contribution in [1.82, 2.24) is 4.90 Å². The Morgan fingerprint density at radius 3 is 2.48 bits per heavy atom. The number of nitrogens with zero attached hydrogens (tertiary/aromatic N) is 1. The number of benzene rings is 1. The van der Waals surface area contributed by atoms with Gasteiger partial charge in [0.2, 0.25) is 0 Å². The van der Waals surface area contributed by atoms with Crippen LogP contribution in [0, 0.1) is 6.92 Å². The Labute approximate surface area is 127 Å². The smallest absolute Gasteiger partial charge is 0.410 e. The highest BCUT2D eigenvalue weighted by molar-refractivity contribution is 5.68. The summed E-state index contributed by atoms with van der Waals surface area (Å²) in [7, 11) is 0. The highest BCUT2D eigenvalue weighted by atomic mass is 16.6. The molecular formula is C17H26N2O2. The maximum atomic E-state index is 12.1. The van der Waals surface area contributed by atoms with Gasteiger partial charge in [0.1, 0.15) is 5.60 Å². The number of carbonyl (C=O) groups excluding carboxylic acids is 1. The van der Waals surface area contributed by atoms with E-state index in [1.165, 1.54) is 11.1 Å². The van der Waals surface area contributed by atoms with E-state index < -0.39 is 5.60 Å². The molecule has 2 N–H and O–H groups in total. The number of piperidine rings is 1. The molecule has 1 aliphatic heterocycles. The molecule has 21 heavy (non-hydrogen) atoms. The third kappa shape index (κ3) is 4.13. The zero-order valence-electron chi connectivity index (χ0n) is 13.5. The fraction of sp³-hybridized carbons (Fsp3) is 0.588. The molecule has 1 saturated heterocycles. The highest BCUT2D eigenvalue weighted by Crippen LogP contribution is 2.32. The summed E-state index contributed by atoms with van der Waals surface area (Å²) in [6, 6.07) is 6.18. The summed E-state index contributed by atoms with van der Waals surface area (Å²) in [4.78, 5) is 13.9. The fourth-order valence-electron chi connectivity index (χ4n) is 2.75. The zero-order chi connectivity index (χ0) is 15.6. The third-order valence-corrected chi connectivity index (χ3v) is 3.83. The average Bonchev–Trinajstić information content (AvgIpc) is 2.40. The lowest BCUT2D eigenvalue weighted by atomic mass is 9.87. The molecule has 4 heteroatoms. The van der Waals surface area contributed by atoms with E-state index >= 15 is 0 Å². The first-order chi connectivity index (χ1) is 9.76. The van der Waals surface area contributed by atoms with Gasteiger partial charge in [-0.1, -0.05) is 17.7 Å². The van der Waals surface area contributed by atoms with Crippen molar-refractivity contribution in [3.63, 3.8) is 0 Å². The van der Waals surface area contributed by atoms with Crippen LogP contribution in [0.4, 0.5) is 10.5 Å². The lowest BCUT2D eigenvalue weighted by Gasteiger charge is -2.34. The number of nitrogens with two attached hydrogens (primary N) is 1. The average molecular weight is 290 g/mol. The minimum atomic E-state index is -0.436. The molecule has 2 rings (SSSR count). The molecular weight excluding hydrogens is 264 g/mol. The molecule has 4 nitrogen and oxygen atoms in total. The Morgan fingerprint density at radius 2 is 1.90 bits per heavy atom. The van der Waals surface area contributed by atoms with Crippen LogP contribution < -0.4 is 5.73 Å². The normalized spacial score (nSPS) is 16.9. The van der Waals surface area contributed by atoms with E-state index in [1.807, 2.05) is 32.9 Å². The minimum absolute atomic E-state index is 0.210. The molecule has 0 radical (unpaired) electrons. The molecule has 1 aliphatic rings. The van der Waals surface area contributed by atoms with Crippen molar-refractivity contribution in [2.45, 2.75) is 52.1 Å². The topological polar surface area (TPSA) is 55.6 Å². The van der Waals surface area contributed by atoms with Crippen molar-refractivity contribution in [1.29, 1.82) is 0 Å². The summed E-state index contributed by atoms with van der Waals surface area (Å²) in [5.74, 6) is 0.434. The van der Waals surface area contributed by atoms with E-state index in [2.05, 4.69) is 13.0 Å². The van der Waals surface area contributed by atoms with Crippen LogP contribution >= 0.6 is 0 Å². The van der Waals surface area contributed by atoms with Crippen molar-refractivity contribution in [2.75, 3.05) is 18.8 Å². The van der Waals surface area contributed by atoms with Gasteiger partial charge in [-0.25, -0.2) is 4.79 Å². The van der Waals surface area contributed by atoms with Crippen LogP contribution in [0.15, 0.2) is 18.2 Å². The largest absolute Gasteiger partial charge is 0.444 e. The second-order valence-electron chi connectivity index (χ2n) is 6.87. The second-order valence-corrected chi connectivity index (χ2v) is 6.87. The van der Waals surface area contributed by atoms with Crippen molar-refractivity contribution < 1.29 is 9.53 Å². The van der Waals surface area contributed by atoms with Crippen LogP contribution in [0.3, 0.4) is 0 Å². The summed E-state index contributed by atoms with van der Waals surface area (Å²) >= 11 is 0. The number of hydrogen-bond acceptors (Lipinski definition) is 3. The van der Waals surface area contributed by atoms with Crippen LogP contribution in [-0.4, -0.2) is 29.7 Å². The highest BCUT2D eigenvalue weighted by Gasteiger charge is 2.28. The van der Waals surface area contributed by atoms with Crippen LogP contribution in [0.5, 0.6) is 0 Å². The zero-order valence-corrected chi connectivity index (χ0v) is 13.5. The van der Waals surface area contributed by atoms with Gasteiger partial charge < -0.3 is 15.4 Å². The van der Waals surface area contributed by atoms with Crippen molar-refractivity contribution in [3.8, 4) is 0 Å². The van der Waals surface area contributed by atoms with Gasteiger partial charge in [-0.3, -0.25) is 0 Å². The SMILES string of the molecule is Cc1ccc(N)c(C2CCN(C(=O)OC(C)(C)C)CC2)c1. The fourth-order valence-corrected chi connectivity index (χ4v) is 2.75. The number of rotatable bonds is 1. The lowest BCUT2D eigenvalue weighted by molar-refractivity contribution is 0.0205. The van der Waals surface area contributed by atoms with Gasteiger partial charge in [0.25, 0.3) is 0 Å². The molecule has 0 saturated carbocycles. The number of aryl methyl sites for hydroxylation is 1. The maximum Gasteiger partial charge on any atom is 0.410 e. The summed E-state index contributed by atoms with van der Waals surface area (Å²) in [5, 5.41) is 0. The molecule has 1 heterocycles. The minimum Gasteiger partial charge on any atom is -0.444 e. The number of anilines is 1. The van der Waals surface area contributed by atoms with Crippen LogP contribution in [0.25, 0.3) is 0 Å². The van der Waals surface area contributed by atoms with Gasteiger partial charge >= 0.3 is 6.09 Å². The Balaban J connectivity index is 1.97. The first-order valence-electron chi connectivity index (χ1n) is 7.60. The molecule has 0 bridgehead atoms. The summed E-state index contributed by atoms with van der Waals surface area (Å²) in [6.07, 6.45) is 1.66. The Kier molecular flexibility index (Phi) is 4.45. The van der Waals surface area contributed by atoms with Gasteiger partial charge in [-0.2, -0.15) is 0 Å². The molecule has 0 atom stereocenters. The number of amides is 1. The summed E-state index contributed by atoms with van der Waals surface area (Å²) in [6.45, 7) is 9.22. The van der Waals surface area contributed by atoms with Crippen molar-refractivity contribution >= 4 is 11.8 Å². The monoisotopic (exact) mass is 290 g/mol. The quantitative estimate of drug-likeness (QED) is 0.802. The van der Waals surface area contributed by atoms with Crippen molar-refractivity contribution in [2.24, 2.45) is 0 Å². The molecule has 1 aromatic rings. The first kappa shape index (κ1) is 15.7. The standard InChI is InChI=1S/C17H26N2O2/c1-12-5-6-15(18)14(11-12)13-7-9-19(10-8-13)16(20)21-17(2,3)4/h5-6,11,13H,7-10,18H2,1-4H3.